The summed E-state index contributed by atoms with van der Waals surface area (Å²) in [6, 6.07) is 9.34. The molecule has 33 heavy (non-hydrogen) atoms. The predicted molar refractivity (Wildman–Crippen MR) is 129 cm³/mol. The van der Waals surface area contributed by atoms with Crippen LogP contribution in [0.4, 0.5) is 23.2 Å². The van der Waals surface area contributed by atoms with Crippen molar-refractivity contribution < 1.29 is 17.6 Å². The zero-order chi connectivity index (χ0) is 24.6. The number of rotatable bonds is 4. The van der Waals surface area contributed by atoms with Crippen LogP contribution in [0, 0.1) is 5.82 Å². The van der Waals surface area contributed by atoms with Gasteiger partial charge in [-0.05, 0) is 88.6 Å². The predicted octanol–water partition coefficient (Wildman–Crippen LogP) is 7.01. The Kier molecular flexibility index (Phi) is 7.32. The normalized spacial score (nSPS) is 18.1. The summed E-state index contributed by atoms with van der Waals surface area (Å²) in [5, 5.41) is 6.73. The van der Waals surface area contributed by atoms with E-state index in [0.717, 1.165) is 24.5 Å². The Labute approximate surface area is 202 Å². The summed E-state index contributed by atoms with van der Waals surface area (Å²) in [7, 11) is 0. The number of nitrogens with zero attached hydrogens (tertiary/aromatic N) is 1. The molecule has 0 amide bonds. The van der Waals surface area contributed by atoms with E-state index < -0.39 is 11.7 Å². The monoisotopic (exact) mass is 501 g/mol. The van der Waals surface area contributed by atoms with Crippen molar-refractivity contribution in [3.05, 3.63) is 64.4 Å². The number of thiocarbonyl (C=S) groups is 1. The van der Waals surface area contributed by atoms with Gasteiger partial charge in [-0.25, -0.2) is 4.39 Å². The standard InChI is InChI=1S/C24H28ClF4N3S/c1-22(2)12-18(13-23(3,4)31-22)32(14-15-5-8-17(26)9-6-15)21(33)30-20-11-16(25)7-10-19(20)24(27,28)29/h5-11,18,31H,12-14H2,1-4H3,(H,30,33). The molecule has 0 unspecified atom stereocenters. The Bertz CT molecular complexity index is 990. The highest BCUT2D eigenvalue weighted by atomic mass is 35.5. The minimum Gasteiger partial charge on any atom is -0.342 e. The molecule has 9 heteroatoms. The second kappa shape index (κ2) is 9.39. The van der Waals surface area contributed by atoms with Crippen molar-refractivity contribution in [3.63, 3.8) is 0 Å². The topological polar surface area (TPSA) is 27.3 Å². The van der Waals surface area contributed by atoms with Crippen LogP contribution < -0.4 is 10.6 Å². The maximum atomic E-state index is 13.6. The molecule has 0 spiro atoms. The van der Waals surface area contributed by atoms with E-state index >= 15 is 0 Å². The molecule has 0 saturated carbocycles. The largest absolute Gasteiger partial charge is 0.418 e. The number of hydrogen-bond donors (Lipinski definition) is 2. The molecule has 1 aliphatic heterocycles. The first-order chi connectivity index (χ1) is 15.2. The van der Waals surface area contributed by atoms with E-state index in [4.69, 9.17) is 23.8 Å². The van der Waals surface area contributed by atoms with Crippen LogP contribution in [0.15, 0.2) is 42.5 Å². The Morgan fingerprint density at radius 2 is 1.67 bits per heavy atom. The fraction of sp³-hybridized carbons (Fsp3) is 0.458. The maximum Gasteiger partial charge on any atom is 0.418 e. The van der Waals surface area contributed by atoms with E-state index in [1.165, 1.54) is 24.3 Å². The summed E-state index contributed by atoms with van der Waals surface area (Å²) in [5.74, 6) is -0.358. The van der Waals surface area contributed by atoms with E-state index in [1.54, 1.807) is 12.1 Å². The number of piperidine rings is 1. The van der Waals surface area contributed by atoms with Crippen molar-refractivity contribution in [2.45, 2.75) is 70.4 Å². The lowest BCUT2D eigenvalue weighted by Crippen LogP contribution is -2.63. The highest BCUT2D eigenvalue weighted by Crippen LogP contribution is 2.37. The van der Waals surface area contributed by atoms with Crippen molar-refractivity contribution in [2.75, 3.05) is 5.32 Å². The molecule has 180 valence electrons. The van der Waals surface area contributed by atoms with Crippen LogP contribution in [0.3, 0.4) is 0 Å². The van der Waals surface area contributed by atoms with Gasteiger partial charge in [0, 0.05) is 28.7 Å². The quantitative estimate of drug-likeness (QED) is 0.348. The lowest BCUT2D eigenvalue weighted by atomic mass is 9.79. The van der Waals surface area contributed by atoms with Crippen molar-refractivity contribution >= 4 is 34.6 Å². The van der Waals surface area contributed by atoms with Crippen LogP contribution in [0.1, 0.15) is 51.7 Å². The van der Waals surface area contributed by atoms with Gasteiger partial charge in [-0.15, -0.1) is 0 Å². The van der Waals surface area contributed by atoms with Gasteiger partial charge in [0.15, 0.2) is 5.11 Å². The van der Waals surface area contributed by atoms with Crippen molar-refractivity contribution in [3.8, 4) is 0 Å². The third kappa shape index (κ3) is 6.80. The molecule has 0 bridgehead atoms. The van der Waals surface area contributed by atoms with Crippen molar-refractivity contribution in [2.24, 2.45) is 0 Å². The summed E-state index contributed by atoms with van der Waals surface area (Å²) >= 11 is 11.6. The summed E-state index contributed by atoms with van der Waals surface area (Å²) in [4.78, 5) is 1.90. The van der Waals surface area contributed by atoms with Gasteiger partial charge in [0.1, 0.15) is 5.82 Å². The fourth-order valence-corrected chi connectivity index (χ4v) is 5.19. The van der Waals surface area contributed by atoms with Gasteiger partial charge in [0.05, 0.1) is 11.3 Å². The highest BCUT2D eigenvalue weighted by molar-refractivity contribution is 7.80. The SMILES string of the molecule is CC1(C)CC(N(Cc2ccc(F)cc2)C(=S)Nc2cc(Cl)ccc2C(F)(F)F)CC(C)(C)N1. The molecule has 0 aromatic heterocycles. The number of alkyl halides is 3. The zero-order valence-corrected chi connectivity index (χ0v) is 20.6. The van der Waals surface area contributed by atoms with E-state index in [9.17, 15) is 17.6 Å². The van der Waals surface area contributed by atoms with E-state index in [0.29, 0.717) is 6.54 Å². The van der Waals surface area contributed by atoms with Gasteiger partial charge in [-0.3, -0.25) is 0 Å². The Hall–Kier alpha value is -1.90. The molecular weight excluding hydrogens is 474 g/mol. The number of benzene rings is 2. The minimum absolute atomic E-state index is 0.0603. The minimum atomic E-state index is -4.57. The van der Waals surface area contributed by atoms with Crippen molar-refractivity contribution in [1.82, 2.24) is 10.2 Å². The summed E-state index contributed by atoms with van der Waals surface area (Å²) in [5.41, 5.74) is -0.665. The second-order valence-corrected chi connectivity index (χ2v) is 10.7. The third-order valence-electron chi connectivity index (χ3n) is 5.67. The number of halogens is 5. The van der Waals surface area contributed by atoms with E-state index in [2.05, 4.69) is 38.3 Å². The number of anilines is 1. The smallest absolute Gasteiger partial charge is 0.342 e. The molecule has 1 fully saturated rings. The Morgan fingerprint density at radius 1 is 1.09 bits per heavy atom. The molecule has 0 radical (unpaired) electrons. The molecule has 0 atom stereocenters. The van der Waals surface area contributed by atoms with Crippen LogP contribution in [0.2, 0.25) is 5.02 Å². The first-order valence-corrected chi connectivity index (χ1v) is 11.4. The highest BCUT2D eigenvalue weighted by Gasteiger charge is 2.41. The zero-order valence-electron chi connectivity index (χ0n) is 19.0. The molecule has 3 rings (SSSR count). The fourth-order valence-electron chi connectivity index (χ4n) is 4.70. The first kappa shape index (κ1) is 25.7. The van der Waals surface area contributed by atoms with Gasteiger partial charge in [-0.2, -0.15) is 13.2 Å². The Balaban J connectivity index is 1.96. The third-order valence-corrected chi connectivity index (χ3v) is 6.24. The summed E-state index contributed by atoms with van der Waals surface area (Å²) in [6.07, 6.45) is -3.12. The average Bonchev–Trinajstić information content (AvgIpc) is 2.64. The molecule has 1 heterocycles. The van der Waals surface area contributed by atoms with Gasteiger partial charge in [0.2, 0.25) is 0 Å². The van der Waals surface area contributed by atoms with E-state index in [-0.39, 0.29) is 38.8 Å². The van der Waals surface area contributed by atoms with Crippen LogP contribution in [0.5, 0.6) is 0 Å². The van der Waals surface area contributed by atoms with Crippen LogP contribution in [0.25, 0.3) is 0 Å². The lowest BCUT2D eigenvalue weighted by Gasteiger charge is -2.50. The summed E-state index contributed by atoms with van der Waals surface area (Å²) in [6.45, 7) is 8.68. The second-order valence-electron chi connectivity index (χ2n) is 9.83. The van der Waals surface area contributed by atoms with Crippen LogP contribution in [-0.2, 0) is 12.7 Å². The van der Waals surface area contributed by atoms with Gasteiger partial charge < -0.3 is 15.5 Å². The lowest BCUT2D eigenvalue weighted by molar-refractivity contribution is -0.136. The van der Waals surface area contributed by atoms with E-state index in [1.807, 2.05) is 4.90 Å². The van der Waals surface area contributed by atoms with Gasteiger partial charge in [-0.1, -0.05) is 23.7 Å². The Morgan fingerprint density at radius 3 is 2.21 bits per heavy atom. The molecule has 2 N–H and O–H groups in total. The first-order valence-electron chi connectivity index (χ1n) is 10.6. The molecular formula is C24H28ClF4N3S. The molecule has 1 saturated heterocycles. The maximum absolute atomic E-state index is 13.6. The van der Waals surface area contributed by atoms with Crippen LogP contribution in [-0.4, -0.2) is 27.1 Å². The molecule has 1 aliphatic rings. The molecule has 2 aromatic rings. The van der Waals surface area contributed by atoms with Crippen LogP contribution >= 0.6 is 23.8 Å². The average molecular weight is 502 g/mol. The van der Waals surface area contributed by atoms with Crippen molar-refractivity contribution in [1.29, 1.82) is 0 Å². The molecule has 0 aliphatic carbocycles. The molecule has 3 nitrogen and oxygen atoms in total. The number of nitrogens with one attached hydrogen (secondary N) is 2. The summed E-state index contributed by atoms with van der Waals surface area (Å²) < 4.78 is 54.2. The molecule has 2 aromatic carbocycles. The number of hydrogen-bond acceptors (Lipinski definition) is 2. The van der Waals surface area contributed by atoms with Gasteiger partial charge >= 0.3 is 6.18 Å². The van der Waals surface area contributed by atoms with Gasteiger partial charge in [0.25, 0.3) is 0 Å².